The van der Waals surface area contributed by atoms with Crippen molar-refractivity contribution in [1.82, 2.24) is 9.97 Å². The molecule has 6 rings (SSSR count). The van der Waals surface area contributed by atoms with E-state index in [9.17, 15) is 0 Å². The van der Waals surface area contributed by atoms with E-state index in [1.165, 1.54) is 33.3 Å². The molecule has 2 heterocycles. The molecule has 0 aliphatic carbocycles. The molecule has 0 bridgehead atoms. The van der Waals surface area contributed by atoms with Gasteiger partial charge >= 0.3 is 0 Å². The summed E-state index contributed by atoms with van der Waals surface area (Å²) in [6.07, 6.45) is 3.29. The Bertz CT molecular complexity index is 1210. The quantitative estimate of drug-likeness (QED) is 0.299. The SMILES string of the molecule is c1ccc2cc3cc4ncccc4cc3cc2c1.c1ccc2ocnc2c1. The third-order valence-electron chi connectivity index (χ3n) is 4.66. The van der Waals surface area contributed by atoms with Gasteiger partial charge in [-0.3, -0.25) is 4.98 Å². The zero-order valence-electron chi connectivity index (χ0n) is 14.5. The lowest BCUT2D eigenvalue weighted by molar-refractivity contribution is 0.602. The molecule has 0 unspecified atom stereocenters. The second-order valence-corrected chi connectivity index (χ2v) is 6.41. The lowest BCUT2D eigenvalue weighted by Crippen LogP contribution is -1.80. The molecule has 27 heavy (non-hydrogen) atoms. The van der Waals surface area contributed by atoms with Crippen LogP contribution in [0.25, 0.3) is 43.5 Å². The third kappa shape index (κ3) is 3.00. The summed E-state index contributed by atoms with van der Waals surface area (Å²) in [5, 5.41) is 6.28. The van der Waals surface area contributed by atoms with E-state index in [0.29, 0.717) is 0 Å². The molecule has 6 aromatic rings. The Morgan fingerprint density at radius 3 is 2.00 bits per heavy atom. The second kappa shape index (κ2) is 6.54. The minimum absolute atomic E-state index is 0.845. The highest BCUT2D eigenvalue weighted by Crippen LogP contribution is 2.26. The van der Waals surface area contributed by atoms with Crippen molar-refractivity contribution in [2.75, 3.05) is 0 Å². The van der Waals surface area contributed by atoms with E-state index in [1.54, 1.807) is 0 Å². The fourth-order valence-electron chi connectivity index (χ4n) is 3.32. The lowest BCUT2D eigenvalue weighted by Gasteiger charge is -2.04. The summed E-state index contributed by atoms with van der Waals surface area (Å²) < 4.78 is 5.01. The van der Waals surface area contributed by atoms with Crippen molar-refractivity contribution in [2.24, 2.45) is 0 Å². The molecule has 0 fully saturated rings. The molecular weight excluding hydrogens is 332 g/mol. The summed E-state index contributed by atoms with van der Waals surface area (Å²) in [4.78, 5) is 8.36. The first-order valence-electron chi connectivity index (χ1n) is 8.82. The van der Waals surface area contributed by atoms with Gasteiger partial charge in [0, 0.05) is 11.6 Å². The van der Waals surface area contributed by atoms with E-state index in [0.717, 1.165) is 16.6 Å². The van der Waals surface area contributed by atoms with Gasteiger partial charge in [0.15, 0.2) is 12.0 Å². The summed E-state index contributed by atoms with van der Waals surface area (Å²) in [5.41, 5.74) is 2.82. The highest BCUT2D eigenvalue weighted by Gasteiger charge is 2.00. The van der Waals surface area contributed by atoms with Crippen LogP contribution in [0.15, 0.2) is 102 Å². The van der Waals surface area contributed by atoms with Crippen molar-refractivity contribution in [3.8, 4) is 0 Å². The Morgan fingerprint density at radius 1 is 0.519 bits per heavy atom. The first-order valence-corrected chi connectivity index (χ1v) is 8.82. The van der Waals surface area contributed by atoms with Gasteiger partial charge in [0.25, 0.3) is 0 Å². The molecule has 0 N–H and O–H groups in total. The number of nitrogens with zero attached hydrogens (tertiary/aromatic N) is 2. The summed E-state index contributed by atoms with van der Waals surface area (Å²) in [6.45, 7) is 0. The Hall–Kier alpha value is -3.72. The van der Waals surface area contributed by atoms with Gasteiger partial charge in [0.2, 0.25) is 0 Å². The van der Waals surface area contributed by atoms with E-state index in [2.05, 4.69) is 64.6 Å². The fraction of sp³-hybridized carbons (Fsp3) is 0. The largest absolute Gasteiger partial charge is 0.443 e. The molecule has 2 aromatic heterocycles. The molecule has 0 atom stereocenters. The second-order valence-electron chi connectivity index (χ2n) is 6.41. The molecule has 3 heteroatoms. The number of fused-ring (bicyclic) bond motifs is 4. The number of hydrogen-bond acceptors (Lipinski definition) is 3. The van der Waals surface area contributed by atoms with Crippen LogP contribution in [0.2, 0.25) is 0 Å². The number of hydrogen-bond donors (Lipinski definition) is 0. The molecular formula is C24H16N2O. The molecule has 0 amide bonds. The van der Waals surface area contributed by atoms with Crippen LogP contribution in [0.1, 0.15) is 0 Å². The maximum atomic E-state index is 5.01. The van der Waals surface area contributed by atoms with Crippen LogP contribution in [0.4, 0.5) is 0 Å². The van der Waals surface area contributed by atoms with E-state index < -0.39 is 0 Å². The highest BCUT2D eigenvalue weighted by atomic mass is 16.3. The van der Waals surface area contributed by atoms with E-state index in [4.69, 9.17) is 4.42 Å². The molecule has 0 spiro atoms. The molecule has 4 aromatic carbocycles. The normalized spacial score (nSPS) is 11.0. The summed E-state index contributed by atoms with van der Waals surface area (Å²) in [5.74, 6) is 0. The third-order valence-corrected chi connectivity index (χ3v) is 4.66. The van der Waals surface area contributed by atoms with Gasteiger partial charge in [-0.2, -0.15) is 0 Å². The predicted octanol–water partition coefficient (Wildman–Crippen LogP) is 6.37. The molecule has 0 aliphatic rings. The van der Waals surface area contributed by atoms with Gasteiger partial charge in [-0.25, -0.2) is 4.98 Å². The predicted molar refractivity (Wildman–Crippen MR) is 111 cm³/mol. The van der Waals surface area contributed by atoms with E-state index >= 15 is 0 Å². The van der Waals surface area contributed by atoms with Crippen molar-refractivity contribution >= 4 is 43.5 Å². The maximum absolute atomic E-state index is 5.01. The standard InChI is InChI=1S/C17H11N.C7H5NO/c1-2-5-13-9-16-11-17-14(6-3-7-18-17)10-15(16)8-12(13)4-1;1-2-4-7-6(3-1)8-5-9-7/h1-11H;1-5H. The van der Waals surface area contributed by atoms with Crippen molar-refractivity contribution in [1.29, 1.82) is 0 Å². The number of aromatic nitrogens is 2. The molecule has 0 radical (unpaired) electrons. The van der Waals surface area contributed by atoms with Crippen LogP contribution in [0.3, 0.4) is 0 Å². The van der Waals surface area contributed by atoms with Crippen molar-refractivity contribution < 1.29 is 4.42 Å². The Morgan fingerprint density at radius 2 is 1.19 bits per heavy atom. The molecule has 0 saturated heterocycles. The monoisotopic (exact) mass is 348 g/mol. The first kappa shape index (κ1) is 15.5. The first-order chi connectivity index (χ1) is 13.4. The topological polar surface area (TPSA) is 38.9 Å². The average molecular weight is 348 g/mol. The molecule has 0 aliphatic heterocycles. The van der Waals surface area contributed by atoms with Gasteiger partial charge in [0.1, 0.15) is 5.52 Å². The van der Waals surface area contributed by atoms with Crippen molar-refractivity contribution in [2.45, 2.75) is 0 Å². The van der Waals surface area contributed by atoms with Gasteiger partial charge in [-0.15, -0.1) is 0 Å². The Labute approximate surface area is 155 Å². The highest BCUT2D eigenvalue weighted by molar-refractivity contribution is 6.03. The zero-order chi connectivity index (χ0) is 18.1. The lowest BCUT2D eigenvalue weighted by atomic mass is 10.0. The number of pyridine rings is 1. The number of oxazole rings is 1. The molecule has 3 nitrogen and oxygen atoms in total. The number of rotatable bonds is 0. The van der Waals surface area contributed by atoms with Gasteiger partial charge in [-0.1, -0.05) is 42.5 Å². The zero-order valence-corrected chi connectivity index (χ0v) is 14.5. The minimum atomic E-state index is 0.845. The molecule has 0 saturated carbocycles. The van der Waals surface area contributed by atoms with Crippen LogP contribution in [-0.2, 0) is 0 Å². The average Bonchev–Trinajstić information content (AvgIpc) is 3.20. The van der Waals surface area contributed by atoms with Gasteiger partial charge in [-0.05, 0) is 64.0 Å². The van der Waals surface area contributed by atoms with Crippen LogP contribution in [0, 0.1) is 0 Å². The van der Waals surface area contributed by atoms with Crippen LogP contribution in [0.5, 0.6) is 0 Å². The number of para-hydroxylation sites is 2. The van der Waals surface area contributed by atoms with Crippen LogP contribution >= 0.6 is 0 Å². The van der Waals surface area contributed by atoms with Gasteiger partial charge in [0.05, 0.1) is 5.52 Å². The maximum Gasteiger partial charge on any atom is 0.181 e. The van der Waals surface area contributed by atoms with Gasteiger partial charge < -0.3 is 4.42 Å². The smallest absolute Gasteiger partial charge is 0.181 e. The summed E-state index contributed by atoms with van der Waals surface area (Å²) in [7, 11) is 0. The Kier molecular flexibility index (Phi) is 3.76. The Balaban J connectivity index is 0.000000149. The fourth-order valence-corrected chi connectivity index (χ4v) is 3.32. The summed E-state index contributed by atoms with van der Waals surface area (Å²) >= 11 is 0. The minimum Gasteiger partial charge on any atom is -0.443 e. The van der Waals surface area contributed by atoms with Crippen molar-refractivity contribution in [3.05, 3.63) is 97.5 Å². The number of benzene rings is 4. The van der Waals surface area contributed by atoms with Crippen molar-refractivity contribution in [3.63, 3.8) is 0 Å². The van der Waals surface area contributed by atoms with Crippen LogP contribution < -0.4 is 0 Å². The molecule has 128 valence electrons. The summed E-state index contributed by atoms with van der Waals surface area (Å²) in [6, 6.07) is 29.1. The van der Waals surface area contributed by atoms with Crippen LogP contribution in [-0.4, -0.2) is 9.97 Å². The van der Waals surface area contributed by atoms with E-state index in [-0.39, 0.29) is 0 Å². The van der Waals surface area contributed by atoms with E-state index in [1.807, 2.05) is 36.5 Å².